The number of fused-ring (bicyclic) bond motifs is 1. The molecule has 100 valence electrons. The van der Waals surface area contributed by atoms with E-state index < -0.39 is 0 Å². The number of para-hydroxylation sites is 2. The van der Waals surface area contributed by atoms with Crippen LogP contribution in [-0.2, 0) is 6.42 Å². The molecule has 0 saturated heterocycles. The van der Waals surface area contributed by atoms with Gasteiger partial charge in [-0.2, -0.15) is 0 Å². The van der Waals surface area contributed by atoms with Gasteiger partial charge in [0.05, 0.1) is 17.2 Å². The van der Waals surface area contributed by atoms with Gasteiger partial charge in [0, 0.05) is 5.69 Å². The highest BCUT2D eigenvalue weighted by Gasteiger charge is 2.00. The molecule has 0 bridgehead atoms. The number of hydrogen-bond acceptors (Lipinski definition) is 4. The van der Waals surface area contributed by atoms with Gasteiger partial charge in [-0.15, -0.1) is 0 Å². The fraction of sp³-hybridized carbons (Fsp3) is 0.125. The van der Waals surface area contributed by atoms with E-state index in [-0.39, 0.29) is 0 Å². The maximum atomic E-state index is 5.54. The summed E-state index contributed by atoms with van der Waals surface area (Å²) < 4.78 is 0. The Balaban J connectivity index is 1.81. The molecule has 0 aliphatic carbocycles. The number of nitrogens with zero attached hydrogens (tertiary/aromatic N) is 2. The van der Waals surface area contributed by atoms with Gasteiger partial charge in [-0.25, -0.2) is 4.98 Å². The maximum Gasteiger partial charge on any atom is 0.149 e. The largest absolute Gasteiger partial charge is 0.339 e. The van der Waals surface area contributed by atoms with E-state index in [0.717, 1.165) is 29.0 Å². The highest BCUT2D eigenvalue weighted by molar-refractivity contribution is 5.76. The molecule has 3 aromatic rings. The van der Waals surface area contributed by atoms with Gasteiger partial charge in [0.1, 0.15) is 5.82 Å². The predicted molar refractivity (Wildman–Crippen MR) is 82.0 cm³/mol. The summed E-state index contributed by atoms with van der Waals surface area (Å²) in [6, 6.07) is 16.0. The Morgan fingerprint density at radius 2 is 1.70 bits per heavy atom. The molecule has 0 fully saturated rings. The number of nitrogens with one attached hydrogen (secondary N) is 1. The van der Waals surface area contributed by atoms with E-state index in [4.69, 9.17) is 5.73 Å². The van der Waals surface area contributed by atoms with Gasteiger partial charge in [-0.1, -0.05) is 24.3 Å². The zero-order chi connectivity index (χ0) is 13.8. The van der Waals surface area contributed by atoms with E-state index in [1.54, 1.807) is 6.20 Å². The second-order valence-electron chi connectivity index (χ2n) is 4.60. The van der Waals surface area contributed by atoms with Gasteiger partial charge in [0.15, 0.2) is 0 Å². The van der Waals surface area contributed by atoms with Crippen LogP contribution < -0.4 is 11.1 Å². The van der Waals surface area contributed by atoms with Crippen molar-refractivity contribution in [1.82, 2.24) is 9.97 Å². The molecule has 3 rings (SSSR count). The minimum Gasteiger partial charge on any atom is -0.339 e. The van der Waals surface area contributed by atoms with Crippen LogP contribution in [0.2, 0.25) is 0 Å². The van der Waals surface area contributed by atoms with Crippen molar-refractivity contribution >= 4 is 22.5 Å². The van der Waals surface area contributed by atoms with Crippen molar-refractivity contribution in [2.24, 2.45) is 5.73 Å². The molecule has 0 radical (unpaired) electrons. The normalized spacial score (nSPS) is 10.7. The fourth-order valence-electron chi connectivity index (χ4n) is 2.09. The monoisotopic (exact) mass is 264 g/mol. The highest BCUT2D eigenvalue weighted by atomic mass is 15.0. The first-order valence-corrected chi connectivity index (χ1v) is 6.63. The number of aromatic nitrogens is 2. The van der Waals surface area contributed by atoms with E-state index in [1.165, 1.54) is 5.56 Å². The molecule has 20 heavy (non-hydrogen) atoms. The van der Waals surface area contributed by atoms with Gasteiger partial charge in [-0.05, 0) is 42.8 Å². The van der Waals surface area contributed by atoms with E-state index in [2.05, 4.69) is 27.4 Å². The second-order valence-corrected chi connectivity index (χ2v) is 4.60. The van der Waals surface area contributed by atoms with Crippen molar-refractivity contribution in [3.8, 4) is 0 Å². The molecule has 3 N–H and O–H groups in total. The molecule has 1 heterocycles. The molecular weight excluding hydrogens is 248 g/mol. The Hall–Kier alpha value is -2.46. The Morgan fingerprint density at radius 3 is 2.45 bits per heavy atom. The Labute approximate surface area is 117 Å². The third kappa shape index (κ3) is 2.75. The minimum atomic E-state index is 0.670. The van der Waals surface area contributed by atoms with E-state index >= 15 is 0 Å². The highest BCUT2D eigenvalue weighted by Crippen LogP contribution is 2.17. The molecule has 0 aliphatic rings. The molecule has 0 saturated carbocycles. The molecule has 1 aromatic heterocycles. The molecule has 4 heteroatoms. The third-order valence-electron chi connectivity index (χ3n) is 3.11. The fourth-order valence-corrected chi connectivity index (χ4v) is 2.09. The number of rotatable bonds is 4. The van der Waals surface area contributed by atoms with Crippen molar-refractivity contribution in [2.75, 3.05) is 11.9 Å². The van der Waals surface area contributed by atoms with Crippen molar-refractivity contribution in [1.29, 1.82) is 0 Å². The number of hydrogen-bond donors (Lipinski definition) is 2. The summed E-state index contributed by atoms with van der Waals surface area (Å²) in [7, 11) is 0. The van der Waals surface area contributed by atoms with Crippen LogP contribution in [-0.4, -0.2) is 16.5 Å². The van der Waals surface area contributed by atoms with Gasteiger partial charge >= 0.3 is 0 Å². The minimum absolute atomic E-state index is 0.670. The van der Waals surface area contributed by atoms with Crippen molar-refractivity contribution in [2.45, 2.75) is 6.42 Å². The van der Waals surface area contributed by atoms with E-state index in [9.17, 15) is 0 Å². The summed E-state index contributed by atoms with van der Waals surface area (Å²) in [5.74, 6) is 0.746. The summed E-state index contributed by atoms with van der Waals surface area (Å²) >= 11 is 0. The van der Waals surface area contributed by atoms with Gasteiger partial charge in [0.2, 0.25) is 0 Å². The summed E-state index contributed by atoms with van der Waals surface area (Å²) in [5, 5.41) is 3.26. The zero-order valence-corrected chi connectivity index (χ0v) is 11.1. The van der Waals surface area contributed by atoms with Crippen molar-refractivity contribution in [3.63, 3.8) is 0 Å². The first-order chi connectivity index (χ1) is 9.85. The van der Waals surface area contributed by atoms with Crippen LogP contribution in [0.5, 0.6) is 0 Å². The lowest BCUT2D eigenvalue weighted by Gasteiger charge is -2.07. The lowest BCUT2D eigenvalue weighted by Crippen LogP contribution is -2.02. The Morgan fingerprint density at radius 1 is 0.950 bits per heavy atom. The average Bonchev–Trinajstić information content (AvgIpc) is 2.49. The molecule has 0 aliphatic heterocycles. The molecule has 0 amide bonds. The molecule has 0 spiro atoms. The van der Waals surface area contributed by atoms with Crippen LogP contribution in [0, 0.1) is 0 Å². The number of nitrogens with two attached hydrogens (primary N) is 1. The van der Waals surface area contributed by atoms with E-state index in [1.807, 2.05) is 36.4 Å². The van der Waals surface area contributed by atoms with Gasteiger partial charge in [-0.3, -0.25) is 4.98 Å². The Bertz CT molecular complexity index is 707. The van der Waals surface area contributed by atoms with Gasteiger partial charge < -0.3 is 11.1 Å². The lowest BCUT2D eigenvalue weighted by atomic mass is 10.1. The van der Waals surface area contributed by atoms with Crippen LogP contribution in [0.3, 0.4) is 0 Å². The molecule has 0 unspecified atom stereocenters. The van der Waals surface area contributed by atoms with Crippen LogP contribution >= 0.6 is 0 Å². The molecule has 2 aromatic carbocycles. The van der Waals surface area contributed by atoms with Crippen molar-refractivity contribution < 1.29 is 0 Å². The summed E-state index contributed by atoms with van der Waals surface area (Å²) in [6.07, 6.45) is 2.65. The zero-order valence-electron chi connectivity index (χ0n) is 11.1. The summed E-state index contributed by atoms with van der Waals surface area (Å²) in [5.41, 5.74) is 9.56. The van der Waals surface area contributed by atoms with Crippen LogP contribution in [0.1, 0.15) is 5.56 Å². The smallest absolute Gasteiger partial charge is 0.149 e. The SMILES string of the molecule is NCCc1ccc(Nc2cnc3ccccc3n2)cc1. The summed E-state index contributed by atoms with van der Waals surface area (Å²) in [4.78, 5) is 8.92. The predicted octanol–water partition coefficient (Wildman–Crippen LogP) is 2.87. The molecule has 0 atom stereocenters. The van der Waals surface area contributed by atoms with Gasteiger partial charge in [0.25, 0.3) is 0 Å². The number of anilines is 2. The van der Waals surface area contributed by atoms with E-state index in [0.29, 0.717) is 6.54 Å². The first-order valence-electron chi connectivity index (χ1n) is 6.63. The maximum absolute atomic E-state index is 5.54. The van der Waals surface area contributed by atoms with Crippen molar-refractivity contribution in [3.05, 3.63) is 60.3 Å². The average molecular weight is 264 g/mol. The van der Waals surface area contributed by atoms with Crippen LogP contribution in [0.4, 0.5) is 11.5 Å². The summed E-state index contributed by atoms with van der Waals surface area (Å²) in [6.45, 7) is 0.670. The third-order valence-corrected chi connectivity index (χ3v) is 3.11. The quantitative estimate of drug-likeness (QED) is 0.760. The second kappa shape index (κ2) is 5.67. The number of benzene rings is 2. The first kappa shape index (κ1) is 12.6. The van der Waals surface area contributed by atoms with Crippen LogP contribution in [0.25, 0.3) is 11.0 Å². The Kier molecular flexibility index (Phi) is 3.56. The lowest BCUT2D eigenvalue weighted by molar-refractivity contribution is 0.969. The molecule has 4 nitrogen and oxygen atoms in total. The topological polar surface area (TPSA) is 63.8 Å². The standard InChI is InChI=1S/C16H16N4/c17-10-9-12-5-7-13(8-6-12)19-16-11-18-14-3-1-2-4-15(14)20-16/h1-8,11H,9-10,17H2,(H,19,20). The molecular formula is C16H16N4. The van der Waals surface area contributed by atoms with Crippen LogP contribution in [0.15, 0.2) is 54.7 Å².